The fourth-order valence-corrected chi connectivity index (χ4v) is 6.70. The summed E-state index contributed by atoms with van der Waals surface area (Å²) in [5.74, 6) is -2.08. The minimum atomic E-state index is -4.58. The average molecular weight is 615 g/mol. The van der Waals surface area contributed by atoms with Crippen LogP contribution in [-0.2, 0) is 29.8 Å². The number of aliphatic hydroxyl groups is 2. The highest BCUT2D eigenvalue weighted by Gasteiger charge is 2.41. The first kappa shape index (κ1) is 36.9. The molecule has 0 spiro atoms. The number of esters is 1. The molecule has 40 heavy (non-hydrogen) atoms. The van der Waals surface area contributed by atoms with E-state index in [2.05, 4.69) is 6.58 Å². The molecular weight excluding hydrogens is 564 g/mol. The van der Waals surface area contributed by atoms with Crippen LogP contribution < -0.4 is 4.90 Å². The molecule has 0 saturated carbocycles. The van der Waals surface area contributed by atoms with Crippen molar-refractivity contribution in [3.8, 4) is 0 Å². The van der Waals surface area contributed by atoms with Gasteiger partial charge in [-0.3, -0.25) is 0 Å². The van der Waals surface area contributed by atoms with Crippen molar-refractivity contribution in [1.29, 1.82) is 0 Å². The van der Waals surface area contributed by atoms with Crippen LogP contribution >= 0.6 is 0 Å². The van der Waals surface area contributed by atoms with Gasteiger partial charge < -0.3 is 33.4 Å². The summed E-state index contributed by atoms with van der Waals surface area (Å²) >= 11 is 0. The van der Waals surface area contributed by atoms with Gasteiger partial charge in [0.15, 0.2) is 0 Å². The van der Waals surface area contributed by atoms with Crippen molar-refractivity contribution >= 4 is 26.2 Å². The number of hydrogen-bond donors (Lipinski definition) is 3. The molecule has 1 aliphatic heterocycles. The van der Waals surface area contributed by atoms with Crippen LogP contribution in [0, 0.1) is 0 Å². The van der Waals surface area contributed by atoms with Crippen molar-refractivity contribution in [2.75, 3.05) is 57.9 Å². The zero-order chi connectivity index (χ0) is 30.4. The first-order valence-corrected chi connectivity index (χ1v) is 17.4. The van der Waals surface area contributed by atoms with Crippen molar-refractivity contribution in [3.63, 3.8) is 0 Å². The number of piperazine rings is 1. The Hall–Kier alpha value is -1.13. The SMILES string of the molecule is C=C(C)C(=O)OCCCCCCCCCCC[NH+]1CC[N+](C)(CC(O)CS(=O)(=O)[O-])CC1CC(O)CS(=O)(=O)[O-]. The fraction of sp³-hybridized carbons (Fsp3) is 0.885. The number of carbonyl (C=O) groups is 1. The lowest BCUT2D eigenvalue weighted by Gasteiger charge is -2.45. The second-order valence-electron chi connectivity index (χ2n) is 11.7. The molecule has 0 radical (unpaired) electrons. The summed E-state index contributed by atoms with van der Waals surface area (Å²) in [7, 11) is -7.32. The van der Waals surface area contributed by atoms with Gasteiger partial charge in [0.2, 0.25) is 0 Å². The average Bonchev–Trinajstić information content (AvgIpc) is 2.77. The van der Waals surface area contributed by atoms with E-state index in [-0.39, 0.29) is 29.5 Å². The molecule has 0 aliphatic carbocycles. The zero-order valence-electron chi connectivity index (χ0n) is 24.1. The molecule has 3 N–H and O–H groups in total. The summed E-state index contributed by atoms with van der Waals surface area (Å²) in [5.41, 5.74) is 0.411. The van der Waals surface area contributed by atoms with E-state index in [1.807, 2.05) is 7.05 Å². The maximum atomic E-state index is 11.3. The van der Waals surface area contributed by atoms with Crippen molar-refractivity contribution in [1.82, 2.24) is 0 Å². The number of nitrogens with zero attached hydrogens (tertiary/aromatic N) is 1. The van der Waals surface area contributed by atoms with E-state index in [0.29, 0.717) is 31.8 Å². The number of rotatable bonds is 21. The van der Waals surface area contributed by atoms with E-state index in [4.69, 9.17) is 4.74 Å². The summed E-state index contributed by atoms with van der Waals surface area (Å²) in [6.07, 6.45) is 6.92. The van der Waals surface area contributed by atoms with Crippen molar-refractivity contribution in [3.05, 3.63) is 12.2 Å². The maximum absolute atomic E-state index is 11.3. The summed E-state index contributed by atoms with van der Waals surface area (Å²) in [5, 5.41) is 20.4. The molecule has 1 heterocycles. The molecule has 1 saturated heterocycles. The third kappa shape index (κ3) is 17.6. The number of ether oxygens (including phenoxy) is 1. The summed E-state index contributed by atoms with van der Waals surface area (Å²) < 4.78 is 71.9. The van der Waals surface area contributed by atoms with E-state index in [0.717, 1.165) is 64.3 Å². The van der Waals surface area contributed by atoms with Gasteiger partial charge in [-0.25, -0.2) is 21.6 Å². The third-order valence-electron chi connectivity index (χ3n) is 7.44. The molecule has 0 aromatic rings. The zero-order valence-corrected chi connectivity index (χ0v) is 25.7. The first-order chi connectivity index (χ1) is 18.5. The Balaban J connectivity index is 2.43. The maximum Gasteiger partial charge on any atom is 0.333 e. The highest BCUT2D eigenvalue weighted by Crippen LogP contribution is 2.14. The van der Waals surface area contributed by atoms with E-state index in [1.165, 1.54) is 4.90 Å². The lowest BCUT2D eigenvalue weighted by molar-refractivity contribution is -1.03. The number of likely N-dealkylation sites (N-methyl/N-ethyl adjacent to an activating group) is 1. The Labute approximate surface area is 240 Å². The van der Waals surface area contributed by atoms with Crippen molar-refractivity contribution in [2.24, 2.45) is 0 Å². The Kier molecular flexibility index (Phi) is 16.4. The number of aliphatic hydroxyl groups excluding tert-OH is 2. The Morgan fingerprint density at radius 1 is 0.950 bits per heavy atom. The molecule has 12 nitrogen and oxygen atoms in total. The molecule has 5 unspecified atom stereocenters. The molecule has 236 valence electrons. The van der Waals surface area contributed by atoms with Crippen LogP contribution in [0.2, 0.25) is 0 Å². The van der Waals surface area contributed by atoms with Gasteiger partial charge in [-0.05, 0) is 26.2 Å². The number of nitrogens with one attached hydrogen (secondary N) is 1. The Morgan fingerprint density at radius 3 is 1.98 bits per heavy atom. The van der Waals surface area contributed by atoms with E-state index < -0.39 is 43.9 Å². The van der Waals surface area contributed by atoms with Crippen molar-refractivity contribution in [2.45, 2.75) is 89.4 Å². The molecule has 14 heteroatoms. The summed E-state index contributed by atoms with van der Waals surface area (Å²) in [6, 6.07) is -0.179. The molecule has 1 fully saturated rings. The number of unbranched alkanes of at least 4 members (excludes halogenated alkanes) is 8. The molecule has 0 bridgehead atoms. The predicted octanol–water partition coefficient (Wildman–Crippen LogP) is -0.467. The minimum absolute atomic E-state index is 0.0564. The van der Waals surface area contributed by atoms with Crippen molar-refractivity contribution < 1.29 is 55.1 Å². The molecular formula is C26H50N2O10S2. The summed E-state index contributed by atoms with van der Waals surface area (Å²) in [6.45, 7) is 8.24. The lowest BCUT2D eigenvalue weighted by atomic mass is 10.0. The molecule has 1 rings (SSSR count). The molecule has 0 aromatic carbocycles. The Morgan fingerprint density at radius 2 is 1.45 bits per heavy atom. The van der Waals surface area contributed by atoms with Gasteiger partial charge in [0.25, 0.3) is 0 Å². The molecule has 0 aromatic heterocycles. The van der Waals surface area contributed by atoms with Gasteiger partial charge in [-0.15, -0.1) is 0 Å². The van der Waals surface area contributed by atoms with Crippen LogP contribution in [0.15, 0.2) is 12.2 Å². The van der Waals surface area contributed by atoms with Gasteiger partial charge in [0, 0.05) is 12.0 Å². The summed E-state index contributed by atoms with van der Waals surface area (Å²) in [4.78, 5) is 12.5. The molecule has 1 aliphatic rings. The van der Waals surface area contributed by atoms with Crippen LogP contribution in [0.25, 0.3) is 0 Å². The van der Waals surface area contributed by atoms with Crippen LogP contribution in [0.5, 0.6) is 0 Å². The second kappa shape index (κ2) is 17.7. The molecule has 5 atom stereocenters. The van der Waals surface area contributed by atoms with Crippen LogP contribution in [0.4, 0.5) is 0 Å². The quantitative estimate of drug-likeness (QED) is 0.0502. The van der Waals surface area contributed by atoms with E-state index in [9.17, 15) is 40.9 Å². The van der Waals surface area contributed by atoms with E-state index >= 15 is 0 Å². The highest BCUT2D eigenvalue weighted by atomic mass is 32.2. The topological polar surface area (TPSA) is 186 Å². The predicted molar refractivity (Wildman–Crippen MR) is 148 cm³/mol. The van der Waals surface area contributed by atoms with Gasteiger partial charge in [-0.2, -0.15) is 0 Å². The monoisotopic (exact) mass is 614 g/mol. The lowest BCUT2D eigenvalue weighted by Crippen LogP contribution is -3.19. The number of hydrogen-bond acceptors (Lipinski definition) is 10. The molecule has 0 amide bonds. The van der Waals surface area contributed by atoms with Crippen LogP contribution in [0.3, 0.4) is 0 Å². The first-order valence-electron chi connectivity index (χ1n) is 14.2. The largest absolute Gasteiger partial charge is 0.748 e. The van der Waals surface area contributed by atoms with Crippen LogP contribution in [-0.4, -0.2) is 123 Å². The standard InChI is InChI=1S/C26H50N2O10S2/c1-22(2)26(31)38-16-12-10-8-6-4-5-7-9-11-13-27-14-15-28(3,19-25(30)21-40(35,36)37)18-23(27)17-24(29)20-39(32,33)34/h23-25,29-30H,1,4-21H2,2-3H3,(H-,32,33,34,35,36,37). The van der Waals surface area contributed by atoms with Gasteiger partial charge in [-0.1, -0.05) is 45.1 Å². The van der Waals surface area contributed by atoms with Gasteiger partial charge in [0.05, 0.1) is 58.0 Å². The number of quaternary nitrogens is 2. The van der Waals surface area contributed by atoms with Gasteiger partial charge >= 0.3 is 5.97 Å². The fourth-order valence-electron chi connectivity index (χ4n) is 5.52. The smallest absolute Gasteiger partial charge is 0.333 e. The van der Waals surface area contributed by atoms with Crippen LogP contribution in [0.1, 0.15) is 71.1 Å². The second-order valence-corrected chi connectivity index (χ2v) is 14.6. The highest BCUT2D eigenvalue weighted by molar-refractivity contribution is 7.85. The normalized spacial score (nSPS) is 23.4. The number of carbonyl (C=O) groups excluding carboxylic acids is 1. The Bertz CT molecular complexity index is 989. The van der Waals surface area contributed by atoms with Gasteiger partial charge in [0.1, 0.15) is 38.3 Å². The van der Waals surface area contributed by atoms with E-state index in [1.54, 1.807) is 6.92 Å². The third-order valence-corrected chi connectivity index (χ3v) is 9.02. The minimum Gasteiger partial charge on any atom is -0.748 e.